The number of nitrogens with two attached hydrogens (primary N) is 1. The summed E-state index contributed by atoms with van der Waals surface area (Å²) in [6.45, 7) is 1.15. The molecule has 1 aliphatic rings. The SMILES string of the molecule is Nc1cccc(NCC2(CCO)CC2)n1. The first-order valence-corrected chi connectivity index (χ1v) is 5.31. The largest absolute Gasteiger partial charge is 0.396 e. The molecule has 0 amide bonds. The van der Waals surface area contributed by atoms with Crippen molar-refractivity contribution in [3.05, 3.63) is 18.2 Å². The fourth-order valence-corrected chi connectivity index (χ4v) is 1.76. The minimum absolute atomic E-state index is 0.270. The molecule has 2 rings (SSSR count). The summed E-state index contributed by atoms with van der Waals surface area (Å²) in [6.07, 6.45) is 3.27. The van der Waals surface area contributed by atoms with Crippen molar-refractivity contribution in [1.82, 2.24) is 4.98 Å². The zero-order valence-corrected chi connectivity index (χ0v) is 8.74. The Balaban J connectivity index is 1.88. The Hall–Kier alpha value is -1.29. The van der Waals surface area contributed by atoms with Gasteiger partial charge in [-0.05, 0) is 36.8 Å². The molecule has 0 aliphatic heterocycles. The Morgan fingerprint density at radius 3 is 2.87 bits per heavy atom. The van der Waals surface area contributed by atoms with Crippen molar-refractivity contribution in [3.63, 3.8) is 0 Å². The maximum atomic E-state index is 8.92. The van der Waals surface area contributed by atoms with E-state index in [1.54, 1.807) is 6.07 Å². The summed E-state index contributed by atoms with van der Waals surface area (Å²) in [5.74, 6) is 1.35. The van der Waals surface area contributed by atoms with Crippen LogP contribution in [0.5, 0.6) is 0 Å². The standard InChI is InChI=1S/C11H17N3O/c12-9-2-1-3-10(14-9)13-8-11(4-5-11)6-7-15/h1-3,15H,4-8H2,(H3,12,13,14). The third-order valence-electron chi connectivity index (χ3n) is 3.01. The van der Waals surface area contributed by atoms with E-state index in [1.165, 1.54) is 12.8 Å². The zero-order valence-electron chi connectivity index (χ0n) is 8.74. The van der Waals surface area contributed by atoms with Crippen molar-refractivity contribution in [2.45, 2.75) is 19.3 Å². The van der Waals surface area contributed by atoms with Gasteiger partial charge in [0.25, 0.3) is 0 Å². The molecule has 1 saturated carbocycles. The molecule has 0 saturated heterocycles. The van der Waals surface area contributed by atoms with Gasteiger partial charge in [-0.25, -0.2) is 4.98 Å². The van der Waals surface area contributed by atoms with Gasteiger partial charge in [0.1, 0.15) is 11.6 Å². The fraction of sp³-hybridized carbons (Fsp3) is 0.545. The summed E-state index contributed by atoms with van der Waals surface area (Å²) in [5.41, 5.74) is 5.89. The highest BCUT2D eigenvalue weighted by molar-refractivity contribution is 5.42. The lowest BCUT2D eigenvalue weighted by Crippen LogP contribution is -2.17. The van der Waals surface area contributed by atoms with Crippen molar-refractivity contribution >= 4 is 11.6 Å². The van der Waals surface area contributed by atoms with Crippen LogP contribution in [0, 0.1) is 5.41 Å². The molecule has 1 aliphatic carbocycles. The monoisotopic (exact) mass is 207 g/mol. The molecule has 1 heterocycles. The van der Waals surface area contributed by atoms with Crippen molar-refractivity contribution in [3.8, 4) is 0 Å². The van der Waals surface area contributed by atoms with E-state index in [-0.39, 0.29) is 6.61 Å². The van der Waals surface area contributed by atoms with Gasteiger partial charge in [0, 0.05) is 13.2 Å². The normalized spacial score (nSPS) is 17.4. The van der Waals surface area contributed by atoms with Gasteiger partial charge in [-0.15, -0.1) is 0 Å². The van der Waals surface area contributed by atoms with E-state index in [0.717, 1.165) is 18.8 Å². The van der Waals surface area contributed by atoms with Crippen LogP contribution < -0.4 is 11.1 Å². The van der Waals surface area contributed by atoms with Crippen LogP contribution in [0.4, 0.5) is 11.6 Å². The van der Waals surface area contributed by atoms with E-state index < -0.39 is 0 Å². The van der Waals surface area contributed by atoms with Crippen molar-refractivity contribution in [2.24, 2.45) is 5.41 Å². The second kappa shape index (κ2) is 4.06. The number of pyridine rings is 1. The first-order chi connectivity index (χ1) is 7.24. The third kappa shape index (κ3) is 2.59. The van der Waals surface area contributed by atoms with Crippen LogP contribution in [0.1, 0.15) is 19.3 Å². The van der Waals surface area contributed by atoms with Gasteiger partial charge in [0.2, 0.25) is 0 Å². The highest BCUT2D eigenvalue weighted by Gasteiger charge is 2.41. The molecular weight excluding hydrogens is 190 g/mol. The Labute approximate surface area is 89.5 Å². The van der Waals surface area contributed by atoms with Crippen LogP contribution in [-0.4, -0.2) is 23.2 Å². The number of nitrogens with zero attached hydrogens (tertiary/aromatic N) is 1. The van der Waals surface area contributed by atoms with Crippen LogP contribution in [0.25, 0.3) is 0 Å². The molecule has 0 spiro atoms. The highest BCUT2D eigenvalue weighted by atomic mass is 16.3. The molecule has 82 valence electrons. The lowest BCUT2D eigenvalue weighted by Gasteiger charge is -2.14. The number of hydrogen-bond donors (Lipinski definition) is 3. The molecular formula is C11H17N3O. The first kappa shape index (κ1) is 10.2. The smallest absolute Gasteiger partial charge is 0.128 e. The molecule has 0 radical (unpaired) electrons. The van der Waals surface area contributed by atoms with Crippen molar-refractivity contribution < 1.29 is 5.11 Å². The quantitative estimate of drug-likeness (QED) is 0.679. The zero-order chi connectivity index (χ0) is 10.7. The van der Waals surface area contributed by atoms with Gasteiger partial charge >= 0.3 is 0 Å². The van der Waals surface area contributed by atoms with E-state index in [1.807, 2.05) is 12.1 Å². The van der Waals surface area contributed by atoms with Crippen LogP contribution >= 0.6 is 0 Å². The van der Waals surface area contributed by atoms with Gasteiger partial charge in [-0.1, -0.05) is 6.07 Å². The van der Waals surface area contributed by atoms with E-state index in [0.29, 0.717) is 11.2 Å². The van der Waals surface area contributed by atoms with Crippen LogP contribution in [0.3, 0.4) is 0 Å². The van der Waals surface area contributed by atoms with Gasteiger partial charge < -0.3 is 16.2 Å². The number of aliphatic hydroxyl groups is 1. The van der Waals surface area contributed by atoms with E-state index in [4.69, 9.17) is 10.8 Å². The minimum Gasteiger partial charge on any atom is -0.396 e. The number of nitrogens with one attached hydrogen (secondary N) is 1. The second-order valence-electron chi connectivity index (χ2n) is 4.27. The van der Waals surface area contributed by atoms with Crippen LogP contribution in [0.2, 0.25) is 0 Å². The molecule has 15 heavy (non-hydrogen) atoms. The predicted molar refractivity (Wildman–Crippen MR) is 60.5 cm³/mol. The number of aromatic nitrogens is 1. The van der Waals surface area contributed by atoms with Gasteiger partial charge in [0.15, 0.2) is 0 Å². The summed E-state index contributed by atoms with van der Waals surface area (Å²) in [7, 11) is 0. The van der Waals surface area contributed by atoms with Gasteiger partial charge in [0.05, 0.1) is 0 Å². The molecule has 4 N–H and O–H groups in total. The van der Waals surface area contributed by atoms with E-state index >= 15 is 0 Å². The van der Waals surface area contributed by atoms with Gasteiger partial charge in [-0.3, -0.25) is 0 Å². The molecule has 1 fully saturated rings. The predicted octanol–water partition coefficient (Wildman–Crippen LogP) is 1.24. The molecule has 0 atom stereocenters. The molecule has 0 aromatic carbocycles. The summed E-state index contributed by atoms with van der Waals surface area (Å²) in [6, 6.07) is 5.56. The lowest BCUT2D eigenvalue weighted by molar-refractivity contribution is 0.253. The molecule has 0 unspecified atom stereocenters. The molecule has 1 aromatic rings. The maximum absolute atomic E-state index is 8.92. The van der Waals surface area contributed by atoms with Crippen LogP contribution in [-0.2, 0) is 0 Å². The number of aliphatic hydroxyl groups excluding tert-OH is 1. The number of nitrogen functional groups attached to an aromatic ring is 1. The Kier molecular flexibility index (Phi) is 2.77. The van der Waals surface area contributed by atoms with E-state index in [2.05, 4.69) is 10.3 Å². The van der Waals surface area contributed by atoms with E-state index in [9.17, 15) is 0 Å². The Morgan fingerprint density at radius 1 is 1.47 bits per heavy atom. The summed E-state index contributed by atoms with van der Waals surface area (Å²) >= 11 is 0. The molecule has 4 nitrogen and oxygen atoms in total. The number of anilines is 2. The number of rotatable bonds is 5. The molecule has 1 aromatic heterocycles. The third-order valence-corrected chi connectivity index (χ3v) is 3.01. The van der Waals surface area contributed by atoms with Gasteiger partial charge in [-0.2, -0.15) is 0 Å². The topological polar surface area (TPSA) is 71.2 Å². The molecule has 0 bridgehead atoms. The molecule has 4 heteroatoms. The number of hydrogen-bond acceptors (Lipinski definition) is 4. The summed E-state index contributed by atoms with van der Waals surface area (Å²) in [5, 5.41) is 12.2. The fourth-order valence-electron chi connectivity index (χ4n) is 1.76. The summed E-state index contributed by atoms with van der Waals surface area (Å²) in [4.78, 5) is 4.17. The average Bonchev–Trinajstić information content (AvgIpc) is 2.97. The summed E-state index contributed by atoms with van der Waals surface area (Å²) < 4.78 is 0. The second-order valence-corrected chi connectivity index (χ2v) is 4.27. The Bertz CT molecular complexity index is 336. The van der Waals surface area contributed by atoms with Crippen LogP contribution in [0.15, 0.2) is 18.2 Å². The highest BCUT2D eigenvalue weighted by Crippen LogP contribution is 2.48. The van der Waals surface area contributed by atoms with Crippen molar-refractivity contribution in [2.75, 3.05) is 24.2 Å². The first-order valence-electron chi connectivity index (χ1n) is 5.31. The Morgan fingerprint density at radius 2 is 2.27 bits per heavy atom. The minimum atomic E-state index is 0.270. The maximum Gasteiger partial charge on any atom is 0.128 e. The lowest BCUT2D eigenvalue weighted by atomic mass is 10.0. The average molecular weight is 207 g/mol. The van der Waals surface area contributed by atoms with Crippen molar-refractivity contribution in [1.29, 1.82) is 0 Å².